The third-order valence-corrected chi connectivity index (χ3v) is 3.92. The number of aryl methyl sites for hydroxylation is 1. The molecule has 0 amide bonds. The van der Waals surface area contributed by atoms with E-state index in [2.05, 4.69) is 20.4 Å². The SMILES string of the molecule is CCc1nc(CN2CCC3NCCC3C2)no1.Cl. The van der Waals surface area contributed by atoms with Gasteiger partial charge in [0.15, 0.2) is 5.82 Å². The summed E-state index contributed by atoms with van der Waals surface area (Å²) in [5, 5.41) is 7.60. The number of hydrogen-bond acceptors (Lipinski definition) is 5. The van der Waals surface area contributed by atoms with Gasteiger partial charge in [0.2, 0.25) is 5.89 Å². The molecule has 3 rings (SSSR count). The van der Waals surface area contributed by atoms with Gasteiger partial charge in [-0.15, -0.1) is 12.4 Å². The molecule has 5 nitrogen and oxygen atoms in total. The summed E-state index contributed by atoms with van der Waals surface area (Å²) < 4.78 is 5.14. The first-order valence-corrected chi connectivity index (χ1v) is 6.62. The van der Waals surface area contributed by atoms with Gasteiger partial charge in [0.1, 0.15) is 0 Å². The maximum Gasteiger partial charge on any atom is 0.226 e. The van der Waals surface area contributed by atoms with Gasteiger partial charge in [-0.1, -0.05) is 12.1 Å². The van der Waals surface area contributed by atoms with Crippen LogP contribution in [0.25, 0.3) is 0 Å². The highest BCUT2D eigenvalue weighted by atomic mass is 35.5. The van der Waals surface area contributed by atoms with Crippen molar-refractivity contribution < 1.29 is 4.52 Å². The Kier molecular flexibility index (Phi) is 4.59. The molecular weight excluding hydrogens is 252 g/mol. The molecule has 3 heterocycles. The molecule has 18 heavy (non-hydrogen) atoms. The molecule has 2 unspecified atom stereocenters. The first-order valence-electron chi connectivity index (χ1n) is 6.62. The molecule has 102 valence electrons. The summed E-state index contributed by atoms with van der Waals surface area (Å²) in [4.78, 5) is 6.83. The lowest BCUT2D eigenvalue weighted by molar-refractivity contribution is 0.151. The predicted molar refractivity (Wildman–Crippen MR) is 70.7 cm³/mol. The second kappa shape index (κ2) is 5.99. The zero-order valence-electron chi connectivity index (χ0n) is 10.8. The van der Waals surface area contributed by atoms with Crippen LogP contribution in [-0.4, -0.2) is 40.7 Å². The van der Waals surface area contributed by atoms with Crippen LogP contribution in [0, 0.1) is 5.92 Å². The summed E-state index contributed by atoms with van der Waals surface area (Å²) in [6, 6.07) is 0.753. The lowest BCUT2D eigenvalue weighted by atomic mass is 9.93. The maximum atomic E-state index is 5.14. The molecule has 0 spiro atoms. The van der Waals surface area contributed by atoms with Crippen LogP contribution in [0.3, 0.4) is 0 Å². The maximum absolute atomic E-state index is 5.14. The normalized spacial score (nSPS) is 27.8. The van der Waals surface area contributed by atoms with Crippen LogP contribution in [0.2, 0.25) is 0 Å². The third kappa shape index (κ3) is 2.84. The van der Waals surface area contributed by atoms with Gasteiger partial charge in [0, 0.05) is 25.6 Å². The minimum atomic E-state index is 0. The number of nitrogens with one attached hydrogen (secondary N) is 1. The molecule has 1 N–H and O–H groups in total. The molecule has 2 aliphatic heterocycles. The Labute approximate surface area is 114 Å². The summed E-state index contributed by atoms with van der Waals surface area (Å²) >= 11 is 0. The molecule has 0 saturated carbocycles. The average Bonchev–Trinajstić information content (AvgIpc) is 2.96. The summed E-state index contributed by atoms with van der Waals surface area (Å²) in [7, 11) is 0. The standard InChI is InChI=1S/C12H20N4O.ClH/c1-2-12-14-11(15-17-12)8-16-6-4-10-9(7-16)3-5-13-10;/h9-10,13H,2-8H2,1H3;1H. The van der Waals surface area contributed by atoms with Crippen molar-refractivity contribution in [1.29, 1.82) is 0 Å². The zero-order chi connectivity index (χ0) is 11.7. The quantitative estimate of drug-likeness (QED) is 0.897. The Bertz CT molecular complexity index is 384. The van der Waals surface area contributed by atoms with E-state index in [4.69, 9.17) is 4.52 Å². The molecule has 2 fully saturated rings. The molecule has 2 aliphatic rings. The molecule has 6 heteroatoms. The highest BCUT2D eigenvalue weighted by Crippen LogP contribution is 2.25. The third-order valence-electron chi connectivity index (χ3n) is 3.92. The Morgan fingerprint density at radius 2 is 2.33 bits per heavy atom. The van der Waals surface area contributed by atoms with Gasteiger partial charge in [0.05, 0.1) is 6.54 Å². The van der Waals surface area contributed by atoms with Crippen molar-refractivity contribution in [1.82, 2.24) is 20.4 Å². The van der Waals surface area contributed by atoms with Crippen molar-refractivity contribution in [3.63, 3.8) is 0 Å². The summed E-state index contributed by atoms with van der Waals surface area (Å²) in [5.74, 6) is 2.41. The minimum Gasteiger partial charge on any atom is -0.339 e. The van der Waals surface area contributed by atoms with Crippen molar-refractivity contribution in [2.45, 2.75) is 38.8 Å². The number of aromatic nitrogens is 2. The van der Waals surface area contributed by atoms with Gasteiger partial charge in [-0.2, -0.15) is 4.98 Å². The lowest BCUT2D eigenvalue weighted by Crippen LogP contribution is -2.44. The van der Waals surface area contributed by atoms with E-state index in [0.717, 1.165) is 43.2 Å². The molecule has 0 bridgehead atoms. The fourth-order valence-corrected chi connectivity index (χ4v) is 2.96. The van der Waals surface area contributed by atoms with Crippen LogP contribution < -0.4 is 5.32 Å². The van der Waals surface area contributed by atoms with E-state index >= 15 is 0 Å². The van der Waals surface area contributed by atoms with Gasteiger partial charge in [-0.05, 0) is 25.3 Å². The van der Waals surface area contributed by atoms with E-state index < -0.39 is 0 Å². The van der Waals surface area contributed by atoms with E-state index in [1.54, 1.807) is 0 Å². The molecule has 2 atom stereocenters. The second-order valence-electron chi connectivity index (χ2n) is 5.09. The topological polar surface area (TPSA) is 54.2 Å². The van der Waals surface area contributed by atoms with Crippen molar-refractivity contribution in [3.8, 4) is 0 Å². The zero-order valence-corrected chi connectivity index (χ0v) is 11.6. The Morgan fingerprint density at radius 3 is 3.11 bits per heavy atom. The average molecular weight is 273 g/mol. The summed E-state index contributed by atoms with van der Waals surface area (Å²) in [5.41, 5.74) is 0. The highest BCUT2D eigenvalue weighted by molar-refractivity contribution is 5.85. The van der Waals surface area contributed by atoms with Crippen LogP contribution in [0.5, 0.6) is 0 Å². The van der Waals surface area contributed by atoms with Crippen molar-refractivity contribution in [2.75, 3.05) is 19.6 Å². The number of nitrogens with zero attached hydrogens (tertiary/aromatic N) is 3. The van der Waals surface area contributed by atoms with Gasteiger partial charge < -0.3 is 9.84 Å². The van der Waals surface area contributed by atoms with Crippen LogP contribution in [0.4, 0.5) is 0 Å². The number of halogens is 1. The lowest BCUT2D eigenvalue weighted by Gasteiger charge is -2.33. The Hall–Kier alpha value is -0.650. The molecule has 0 aliphatic carbocycles. The number of likely N-dealkylation sites (tertiary alicyclic amines) is 1. The Morgan fingerprint density at radius 1 is 1.44 bits per heavy atom. The fraction of sp³-hybridized carbons (Fsp3) is 0.833. The van der Waals surface area contributed by atoms with Gasteiger partial charge in [-0.25, -0.2) is 0 Å². The molecule has 1 aromatic rings. The fourth-order valence-electron chi connectivity index (χ4n) is 2.96. The van der Waals surface area contributed by atoms with Crippen LogP contribution >= 0.6 is 12.4 Å². The van der Waals surface area contributed by atoms with Crippen LogP contribution in [0.15, 0.2) is 4.52 Å². The second-order valence-corrected chi connectivity index (χ2v) is 5.09. The molecule has 2 saturated heterocycles. The van der Waals surface area contributed by atoms with Crippen molar-refractivity contribution in [2.24, 2.45) is 5.92 Å². The highest BCUT2D eigenvalue weighted by Gasteiger charge is 2.32. The summed E-state index contributed by atoms with van der Waals surface area (Å²) in [6.45, 7) is 6.38. The molecular formula is C12H21ClN4O. The Balaban J connectivity index is 0.00000120. The molecule has 0 radical (unpaired) electrons. The smallest absolute Gasteiger partial charge is 0.226 e. The van der Waals surface area contributed by atoms with Crippen LogP contribution in [-0.2, 0) is 13.0 Å². The number of piperidine rings is 1. The summed E-state index contributed by atoms with van der Waals surface area (Å²) in [6.07, 6.45) is 3.39. The number of hydrogen-bond donors (Lipinski definition) is 1. The number of fused-ring (bicyclic) bond motifs is 1. The monoisotopic (exact) mass is 272 g/mol. The first-order chi connectivity index (χ1) is 8.35. The van der Waals surface area contributed by atoms with E-state index in [0.29, 0.717) is 0 Å². The first kappa shape index (κ1) is 13.8. The van der Waals surface area contributed by atoms with Crippen LogP contribution in [0.1, 0.15) is 31.5 Å². The van der Waals surface area contributed by atoms with Crippen molar-refractivity contribution >= 4 is 12.4 Å². The van der Waals surface area contributed by atoms with E-state index in [1.165, 1.54) is 25.9 Å². The molecule has 0 aromatic carbocycles. The van der Waals surface area contributed by atoms with Crippen molar-refractivity contribution in [3.05, 3.63) is 11.7 Å². The number of rotatable bonds is 3. The van der Waals surface area contributed by atoms with Gasteiger partial charge in [0.25, 0.3) is 0 Å². The predicted octanol–water partition coefficient (Wildman–Crippen LogP) is 1.24. The van der Waals surface area contributed by atoms with E-state index in [9.17, 15) is 0 Å². The van der Waals surface area contributed by atoms with E-state index in [-0.39, 0.29) is 12.4 Å². The van der Waals surface area contributed by atoms with Gasteiger partial charge >= 0.3 is 0 Å². The minimum absolute atomic E-state index is 0. The molecule has 1 aromatic heterocycles. The van der Waals surface area contributed by atoms with Gasteiger partial charge in [-0.3, -0.25) is 4.90 Å². The largest absolute Gasteiger partial charge is 0.339 e. The van der Waals surface area contributed by atoms with E-state index in [1.807, 2.05) is 6.92 Å².